The first-order valence-electron chi connectivity index (χ1n) is 10.1. The number of hydrogen-bond acceptors (Lipinski definition) is 6. The molecule has 1 amide bonds. The van der Waals surface area contributed by atoms with Gasteiger partial charge in [0.05, 0.1) is 37.2 Å². The summed E-state index contributed by atoms with van der Waals surface area (Å²) in [6.45, 7) is 6.60. The standard InChI is InChI=1S/C21H23FN6O2/c1-12(2)19-18(13-3-4-16-14(9-13)10-17(29)27(16)23)20-15(22)11-24-21(28(20)25-19)26-5-7-30-8-6-26/h3-4,9,11-12H,5-8,10,23H2,1-2H3. The van der Waals surface area contributed by atoms with Crippen LogP contribution in [0.2, 0.25) is 0 Å². The van der Waals surface area contributed by atoms with E-state index in [0.717, 1.165) is 22.4 Å². The van der Waals surface area contributed by atoms with Crippen LogP contribution < -0.4 is 15.8 Å². The Labute approximate surface area is 173 Å². The predicted octanol–water partition coefficient (Wildman–Crippen LogP) is 2.26. The molecule has 0 saturated carbocycles. The fraction of sp³-hybridized carbons (Fsp3) is 0.381. The lowest BCUT2D eigenvalue weighted by Crippen LogP contribution is -2.38. The Morgan fingerprint density at radius 3 is 2.73 bits per heavy atom. The number of hydrazine groups is 1. The number of morpholine rings is 1. The van der Waals surface area contributed by atoms with Gasteiger partial charge in [-0.1, -0.05) is 19.9 Å². The van der Waals surface area contributed by atoms with Crippen molar-refractivity contribution in [2.75, 3.05) is 36.2 Å². The van der Waals surface area contributed by atoms with Gasteiger partial charge in [0.25, 0.3) is 0 Å². The van der Waals surface area contributed by atoms with Crippen LogP contribution >= 0.6 is 0 Å². The molecule has 156 valence electrons. The van der Waals surface area contributed by atoms with Crippen molar-refractivity contribution in [2.45, 2.75) is 26.2 Å². The van der Waals surface area contributed by atoms with E-state index in [1.54, 1.807) is 4.52 Å². The highest BCUT2D eigenvalue weighted by molar-refractivity contribution is 6.01. The minimum atomic E-state index is -0.432. The van der Waals surface area contributed by atoms with E-state index in [1.807, 2.05) is 32.0 Å². The molecule has 30 heavy (non-hydrogen) atoms. The van der Waals surface area contributed by atoms with E-state index >= 15 is 4.39 Å². The quantitative estimate of drug-likeness (QED) is 0.526. The van der Waals surface area contributed by atoms with Crippen LogP contribution in [0.25, 0.3) is 16.6 Å². The molecule has 0 spiro atoms. The van der Waals surface area contributed by atoms with Gasteiger partial charge in [-0.05, 0) is 29.2 Å². The molecule has 8 nitrogen and oxygen atoms in total. The van der Waals surface area contributed by atoms with Crippen LogP contribution in [-0.2, 0) is 16.0 Å². The molecule has 2 aliphatic heterocycles. The number of nitrogens with zero attached hydrogens (tertiary/aromatic N) is 5. The van der Waals surface area contributed by atoms with E-state index < -0.39 is 5.82 Å². The molecule has 3 aromatic rings. The Bertz CT molecular complexity index is 1150. The molecule has 5 rings (SSSR count). The number of benzene rings is 1. The second kappa shape index (κ2) is 7.03. The van der Waals surface area contributed by atoms with Crippen molar-refractivity contribution in [1.82, 2.24) is 14.6 Å². The molecule has 0 atom stereocenters. The van der Waals surface area contributed by atoms with E-state index in [0.29, 0.717) is 43.5 Å². The highest BCUT2D eigenvalue weighted by Crippen LogP contribution is 2.38. The monoisotopic (exact) mass is 410 g/mol. The van der Waals surface area contributed by atoms with Gasteiger partial charge in [0.15, 0.2) is 5.82 Å². The van der Waals surface area contributed by atoms with Crippen LogP contribution in [0.4, 0.5) is 16.0 Å². The molecule has 0 aliphatic carbocycles. The number of nitrogens with two attached hydrogens (primary N) is 1. The molecule has 1 fully saturated rings. The van der Waals surface area contributed by atoms with Crippen molar-refractivity contribution in [2.24, 2.45) is 5.84 Å². The van der Waals surface area contributed by atoms with Crippen LogP contribution in [0.1, 0.15) is 31.0 Å². The zero-order valence-corrected chi connectivity index (χ0v) is 16.9. The maximum absolute atomic E-state index is 15.1. The molecule has 0 unspecified atom stereocenters. The normalized spacial score (nSPS) is 16.8. The Balaban J connectivity index is 1.73. The molecular weight excluding hydrogens is 387 g/mol. The van der Waals surface area contributed by atoms with Crippen LogP contribution in [0.3, 0.4) is 0 Å². The Morgan fingerprint density at radius 1 is 1.23 bits per heavy atom. The van der Waals surface area contributed by atoms with Crippen LogP contribution in [-0.4, -0.2) is 46.8 Å². The Morgan fingerprint density at radius 2 is 2.00 bits per heavy atom. The average Bonchev–Trinajstić information content (AvgIpc) is 3.28. The maximum Gasteiger partial charge on any atom is 0.245 e. The minimum absolute atomic E-state index is 0.0673. The van der Waals surface area contributed by atoms with Crippen molar-refractivity contribution in [1.29, 1.82) is 0 Å². The summed E-state index contributed by atoms with van der Waals surface area (Å²) in [6.07, 6.45) is 1.49. The van der Waals surface area contributed by atoms with Gasteiger partial charge in [0.2, 0.25) is 11.9 Å². The summed E-state index contributed by atoms with van der Waals surface area (Å²) in [5.41, 5.74) is 4.23. The number of fused-ring (bicyclic) bond motifs is 2. The van der Waals surface area contributed by atoms with Crippen molar-refractivity contribution in [3.8, 4) is 11.1 Å². The van der Waals surface area contributed by atoms with Gasteiger partial charge in [-0.3, -0.25) is 4.79 Å². The van der Waals surface area contributed by atoms with Crippen molar-refractivity contribution in [3.63, 3.8) is 0 Å². The van der Waals surface area contributed by atoms with E-state index in [1.165, 1.54) is 11.2 Å². The molecule has 1 saturated heterocycles. The fourth-order valence-corrected chi connectivity index (χ4v) is 4.20. The lowest BCUT2D eigenvalue weighted by molar-refractivity contribution is -0.117. The van der Waals surface area contributed by atoms with Gasteiger partial charge in [0, 0.05) is 18.7 Å². The minimum Gasteiger partial charge on any atom is -0.378 e. The second-order valence-corrected chi connectivity index (χ2v) is 7.96. The lowest BCUT2D eigenvalue weighted by Gasteiger charge is -2.27. The number of anilines is 2. The molecule has 4 heterocycles. The summed E-state index contributed by atoms with van der Waals surface area (Å²) in [5.74, 6) is 5.92. The summed E-state index contributed by atoms with van der Waals surface area (Å²) in [4.78, 5) is 18.4. The zero-order valence-electron chi connectivity index (χ0n) is 16.9. The number of aromatic nitrogens is 3. The largest absolute Gasteiger partial charge is 0.378 e. The SMILES string of the molecule is CC(C)c1nn2c(N3CCOCC3)ncc(F)c2c1-c1ccc2c(c1)CC(=O)N2N. The Kier molecular flexibility index (Phi) is 4.44. The number of carbonyl (C=O) groups is 1. The molecule has 2 aromatic heterocycles. The first-order chi connectivity index (χ1) is 14.5. The number of hydrogen-bond donors (Lipinski definition) is 1. The summed E-state index contributed by atoms with van der Waals surface area (Å²) in [7, 11) is 0. The smallest absolute Gasteiger partial charge is 0.245 e. The number of halogens is 1. The summed E-state index contributed by atoms with van der Waals surface area (Å²) >= 11 is 0. The van der Waals surface area contributed by atoms with Crippen molar-refractivity contribution in [3.05, 3.63) is 41.5 Å². The molecule has 1 aromatic carbocycles. The van der Waals surface area contributed by atoms with Gasteiger partial charge in [-0.2, -0.15) is 9.61 Å². The van der Waals surface area contributed by atoms with E-state index in [-0.39, 0.29) is 18.2 Å². The summed E-state index contributed by atoms with van der Waals surface area (Å²) < 4.78 is 22.2. The van der Waals surface area contributed by atoms with Gasteiger partial charge in [-0.25, -0.2) is 20.2 Å². The van der Waals surface area contributed by atoms with E-state index in [4.69, 9.17) is 15.7 Å². The highest BCUT2D eigenvalue weighted by atomic mass is 19.1. The maximum atomic E-state index is 15.1. The summed E-state index contributed by atoms with van der Waals surface area (Å²) in [5, 5.41) is 5.94. The number of amides is 1. The third kappa shape index (κ3) is 2.85. The summed E-state index contributed by atoms with van der Waals surface area (Å²) in [6, 6.07) is 5.59. The third-order valence-corrected chi connectivity index (χ3v) is 5.70. The van der Waals surface area contributed by atoms with Crippen LogP contribution in [0.5, 0.6) is 0 Å². The molecule has 2 N–H and O–H groups in total. The second-order valence-electron chi connectivity index (χ2n) is 7.96. The molecule has 0 radical (unpaired) electrons. The Hall–Kier alpha value is -3.04. The highest BCUT2D eigenvalue weighted by Gasteiger charge is 2.28. The predicted molar refractivity (Wildman–Crippen MR) is 111 cm³/mol. The van der Waals surface area contributed by atoms with E-state index in [9.17, 15) is 4.79 Å². The first kappa shape index (κ1) is 19.0. The van der Waals surface area contributed by atoms with Gasteiger partial charge in [0.1, 0.15) is 5.52 Å². The lowest BCUT2D eigenvalue weighted by atomic mass is 9.96. The number of carbonyl (C=O) groups excluding carboxylic acids is 1. The zero-order chi connectivity index (χ0) is 21.0. The topological polar surface area (TPSA) is 89.0 Å². The molecule has 9 heteroatoms. The fourth-order valence-electron chi connectivity index (χ4n) is 4.20. The van der Waals surface area contributed by atoms with Gasteiger partial charge < -0.3 is 9.64 Å². The van der Waals surface area contributed by atoms with Crippen molar-refractivity contribution >= 4 is 23.1 Å². The van der Waals surface area contributed by atoms with Gasteiger partial charge >= 0.3 is 0 Å². The van der Waals surface area contributed by atoms with E-state index in [2.05, 4.69) is 9.88 Å². The van der Waals surface area contributed by atoms with Crippen LogP contribution in [0.15, 0.2) is 24.4 Å². The third-order valence-electron chi connectivity index (χ3n) is 5.70. The van der Waals surface area contributed by atoms with Gasteiger partial charge in [-0.15, -0.1) is 0 Å². The molecule has 2 aliphatic rings. The average molecular weight is 410 g/mol. The molecule has 0 bridgehead atoms. The van der Waals surface area contributed by atoms with Crippen molar-refractivity contribution < 1.29 is 13.9 Å². The first-order valence-corrected chi connectivity index (χ1v) is 10.1. The number of rotatable bonds is 3. The number of ether oxygens (including phenoxy) is 1. The molecular formula is C21H23FN6O2. The van der Waals surface area contributed by atoms with Crippen LogP contribution in [0, 0.1) is 5.82 Å².